The first kappa shape index (κ1) is 18.7. The zero-order chi connectivity index (χ0) is 15.6. The van der Waals surface area contributed by atoms with Crippen molar-refractivity contribution in [2.75, 3.05) is 20.4 Å². The molecule has 0 heterocycles. The maximum absolute atomic E-state index is 8.60. The fraction of sp³-hybridized carbons (Fsp3) is 0.889. The first-order valence-corrected chi connectivity index (χ1v) is 8.63. The van der Waals surface area contributed by atoms with Gasteiger partial charge in [-0.15, -0.1) is 0 Å². The highest BCUT2D eigenvalue weighted by Gasteiger charge is 2.26. The molecule has 2 rings (SSSR count). The summed E-state index contributed by atoms with van der Waals surface area (Å²) in [4.78, 5) is 0. The number of hydrogen-bond acceptors (Lipinski definition) is 3. The number of hydrogen-bond donors (Lipinski definition) is 2. The minimum atomic E-state index is -0.211. The van der Waals surface area contributed by atoms with E-state index in [-0.39, 0.29) is 12.2 Å². The Kier molecular flexibility index (Phi) is 9.21. The Morgan fingerprint density at radius 1 is 1.10 bits per heavy atom. The number of aliphatic hydroxyl groups is 1. The van der Waals surface area contributed by atoms with Crippen molar-refractivity contribution in [2.45, 2.75) is 70.8 Å². The standard InChI is InChI=1S/C11H18.C7H17NO2/c1-2-4-7-11-9-5-8-10(11)6-3-1;1-7(2,4-5-9)10-6-8-3/h1-2,10-11H,3-9H2;8-9H,4-6H2,1-3H3/b2-1+;. The van der Waals surface area contributed by atoms with E-state index in [4.69, 9.17) is 9.84 Å². The third-order valence-corrected chi connectivity index (χ3v) is 4.71. The van der Waals surface area contributed by atoms with E-state index in [0.717, 1.165) is 11.8 Å². The maximum atomic E-state index is 8.60. The van der Waals surface area contributed by atoms with Crippen molar-refractivity contribution >= 4 is 0 Å². The third-order valence-electron chi connectivity index (χ3n) is 4.71. The van der Waals surface area contributed by atoms with Crippen LogP contribution in [0.3, 0.4) is 0 Å². The van der Waals surface area contributed by atoms with Crippen LogP contribution in [0.25, 0.3) is 0 Å². The first-order valence-electron chi connectivity index (χ1n) is 8.63. The Morgan fingerprint density at radius 2 is 1.67 bits per heavy atom. The molecular weight excluding hydrogens is 262 g/mol. The predicted molar refractivity (Wildman–Crippen MR) is 89.2 cm³/mol. The Hall–Kier alpha value is -0.380. The van der Waals surface area contributed by atoms with Crippen molar-refractivity contribution < 1.29 is 9.84 Å². The van der Waals surface area contributed by atoms with Crippen molar-refractivity contribution in [3.8, 4) is 0 Å². The maximum Gasteiger partial charge on any atom is 0.0970 e. The Balaban J connectivity index is 0.000000212. The molecule has 2 aliphatic carbocycles. The van der Waals surface area contributed by atoms with Crippen LogP contribution in [0.15, 0.2) is 12.2 Å². The van der Waals surface area contributed by atoms with Crippen molar-refractivity contribution in [2.24, 2.45) is 11.8 Å². The average Bonchev–Trinajstić information content (AvgIpc) is 2.84. The molecule has 2 unspecified atom stereocenters. The van der Waals surface area contributed by atoms with E-state index in [0.29, 0.717) is 13.2 Å². The number of rotatable bonds is 5. The van der Waals surface area contributed by atoms with E-state index in [9.17, 15) is 0 Å². The lowest BCUT2D eigenvalue weighted by atomic mass is 9.86. The molecule has 0 radical (unpaired) electrons. The molecule has 2 N–H and O–H groups in total. The number of nitrogens with one attached hydrogen (secondary N) is 1. The lowest BCUT2D eigenvalue weighted by Crippen LogP contribution is -2.30. The Morgan fingerprint density at radius 3 is 2.14 bits per heavy atom. The molecule has 0 bridgehead atoms. The van der Waals surface area contributed by atoms with Gasteiger partial charge in [-0.25, -0.2) is 0 Å². The van der Waals surface area contributed by atoms with Crippen LogP contribution in [-0.4, -0.2) is 31.1 Å². The average molecular weight is 297 g/mol. The minimum absolute atomic E-state index is 0.177. The molecule has 0 aromatic carbocycles. The minimum Gasteiger partial charge on any atom is -0.396 e. The van der Waals surface area contributed by atoms with Crippen LogP contribution in [0, 0.1) is 11.8 Å². The summed E-state index contributed by atoms with van der Waals surface area (Å²) in [6, 6.07) is 0. The van der Waals surface area contributed by atoms with Gasteiger partial charge >= 0.3 is 0 Å². The molecular formula is C18H35NO2. The second-order valence-corrected chi connectivity index (χ2v) is 6.95. The van der Waals surface area contributed by atoms with E-state index in [2.05, 4.69) is 17.5 Å². The lowest BCUT2D eigenvalue weighted by molar-refractivity contribution is -0.0389. The zero-order valence-electron chi connectivity index (χ0n) is 14.2. The van der Waals surface area contributed by atoms with E-state index >= 15 is 0 Å². The quantitative estimate of drug-likeness (QED) is 0.598. The summed E-state index contributed by atoms with van der Waals surface area (Å²) in [5.74, 6) is 2.19. The lowest BCUT2D eigenvalue weighted by Gasteiger charge is -2.23. The van der Waals surface area contributed by atoms with Gasteiger partial charge in [0.2, 0.25) is 0 Å². The number of allylic oxidation sites excluding steroid dienone is 2. The largest absolute Gasteiger partial charge is 0.396 e. The molecule has 2 aliphatic rings. The van der Waals surface area contributed by atoms with Gasteiger partial charge in [0.25, 0.3) is 0 Å². The van der Waals surface area contributed by atoms with Crippen LogP contribution < -0.4 is 5.32 Å². The van der Waals surface area contributed by atoms with Gasteiger partial charge in [0.1, 0.15) is 0 Å². The summed E-state index contributed by atoms with van der Waals surface area (Å²) in [5, 5.41) is 11.5. The number of fused-ring (bicyclic) bond motifs is 1. The molecule has 0 aliphatic heterocycles. The summed E-state index contributed by atoms with van der Waals surface area (Å²) in [7, 11) is 1.83. The summed E-state index contributed by atoms with van der Waals surface area (Å²) in [6.07, 6.45) is 15.6. The Bertz CT molecular complexity index is 273. The van der Waals surface area contributed by atoms with Crippen LogP contribution in [0.4, 0.5) is 0 Å². The van der Waals surface area contributed by atoms with Crippen LogP contribution >= 0.6 is 0 Å². The van der Waals surface area contributed by atoms with E-state index < -0.39 is 0 Å². The summed E-state index contributed by atoms with van der Waals surface area (Å²) in [6.45, 7) is 4.63. The molecule has 3 heteroatoms. The molecule has 2 atom stereocenters. The van der Waals surface area contributed by atoms with E-state index in [1.165, 1.54) is 44.9 Å². The van der Waals surface area contributed by atoms with Crippen molar-refractivity contribution in [3.05, 3.63) is 12.2 Å². The second-order valence-electron chi connectivity index (χ2n) is 6.95. The van der Waals surface area contributed by atoms with Crippen LogP contribution in [0.5, 0.6) is 0 Å². The molecule has 0 saturated heterocycles. The molecule has 0 spiro atoms. The molecule has 0 aromatic rings. The molecule has 1 fully saturated rings. The summed E-state index contributed by atoms with van der Waals surface area (Å²) in [5.41, 5.74) is -0.211. The van der Waals surface area contributed by atoms with Gasteiger partial charge < -0.3 is 9.84 Å². The smallest absolute Gasteiger partial charge is 0.0970 e. The fourth-order valence-electron chi connectivity index (χ4n) is 3.34. The van der Waals surface area contributed by atoms with Gasteiger partial charge in [0.15, 0.2) is 0 Å². The van der Waals surface area contributed by atoms with Gasteiger partial charge in [0.05, 0.1) is 12.3 Å². The molecule has 1 saturated carbocycles. The van der Waals surface area contributed by atoms with Crippen molar-refractivity contribution in [1.29, 1.82) is 0 Å². The molecule has 21 heavy (non-hydrogen) atoms. The van der Waals surface area contributed by atoms with Crippen LogP contribution in [0.1, 0.15) is 65.2 Å². The predicted octanol–water partition coefficient (Wildman–Crippen LogP) is 3.87. The highest BCUT2D eigenvalue weighted by Crippen LogP contribution is 2.38. The van der Waals surface area contributed by atoms with Crippen LogP contribution in [-0.2, 0) is 4.74 Å². The number of aliphatic hydroxyl groups excluding tert-OH is 1. The SMILES string of the molecule is C1=C/CCC2CCCC2CC/1.CNCOC(C)(C)CCO. The highest BCUT2D eigenvalue weighted by atomic mass is 16.5. The summed E-state index contributed by atoms with van der Waals surface area (Å²) < 4.78 is 5.35. The van der Waals surface area contributed by atoms with Gasteiger partial charge in [-0.2, -0.15) is 0 Å². The molecule has 124 valence electrons. The Labute approximate surface area is 131 Å². The van der Waals surface area contributed by atoms with E-state index in [1.807, 2.05) is 20.9 Å². The van der Waals surface area contributed by atoms with Gasteiger partial charge in [-0.1, -0.05) is 31.4 Å². The van der Waals surface area contributed by atoms with E-state index in [1.54, 1.807) is 0 Å². The van der Waals surface area contributed by atoms with Gasteiger partial charge in [-0.05, 0) is 64.8 Å². The molecule has 0 aromatic heterocycles. The van der Waals surface area contributed by atoms with Crippen molar-refractivity contribution in [3.63, 3.8) is 0 Å². The van der Waals surface area contributed by atoms with Crippen LogP contribution in [0.2, 0.25) is 0 Å². The third kappa shape index (κ3) is 7.98. The fourth-order valence-corrected chi connectivity index (χ4v) is 3.34. The van der Waals surface area contributed by atoms with Gasteiger partial charge in [-0.3, -0.25) is 5.32 Å². The summed E-state index contributed by atoms with van der Waals surface area (Å²) >= 11 is 0. The highest BCUT2D eigenvalue weighted by molar-refractivity contribution is 4.89. The normalized spacial score (nSPS) is 27.0. The molecule has 0 amide bonds. The molecule has 3 nitrogen and oxygen atoms in total. The topological polar surface area (TPSA) is 41.5 Å². The zero-order valence-corrected chi connectivity index (χ0v) is 14.2. The van der Waals surface area contributed by atoms with Crippen molar-refractivity contribution in [1.82, 2.24) is 5.32 Å². The second kappa shape index (κ2) is 10.4. The van der Waals surface area contributed by atoms with Gasteiger partial charge in [0, 0.05) is 6.61 Å². The first-order chi connectivity index (χ1) is 10.1. The number of ether oxygens (including phenoxy) is 1. The monoisotopic (exact) mass is 297 g/mol.